The van der Waals surface area contributed by atoms with Crippen molar-refractivity contribution in [2.45, 2.75) is 32.4 Å². The Balaban J connectivity index is 1.46. The number of likely N-dealkylation sites (tertiary alicyclic amines) is 1. The SMILES string of the molecule is Cc1cc(CN2CCC(NC(=O)c3ccn(C)n3)CC2)on1. The first kappa shape index (κ1) is 14.8. The van der Waals surface area contributed by atoms with Crippen LogP contribution in [0.2, 0.25) is 0 Å². The number of hydrogen-bond acceptors (Lipinski definition) is 5. The fraction of sp³-hybridized carbons (Fsp3) is 0.533. The van der Waals surface area contributed by atoms with E-state index in [0.717, 1.165) is 43.9 Å². The lowest BCUT2D eigenvalue weighted by molar-refractivity contribution is 0.0899. The van der Waals surface area contributed by atoms with Crippen LogP contribution < -0.4 is 5.32 Å². The zero-order valence-corrected chi connectivity index (χ0v) is 13.0. The van der Waals surface area contributed by atoms with E-state index in [1.807, 2.05) is 13.0 Å². The highest BCUT2D eigenvalue weighted by atomic mass is 16.5. The van der Waals surface area contributed by atoms with E-state index >= 15 is 0 Å². The quantitative estimate of drug-likeness (QED) is 0.915. The predicted octanol–water partition coefficient (Wildman–Crippen LogP) is 1.11. The Morgan fingerprint density at radius 3 is 2.82 bits per heavy atom. The molecule has 1 saturated heterocycles. The second-order valence-electron chi connectivity index (χ2n) is 5.83. The van der Waals surface area contributed by atoms with Crippen LogP contribution in [-0.4, -0.2) is 44.9 Å². The summed E-state index contributed by atoms with van der Waals surface area (Å²) in [5.74, 6) is 0.804. The van der Waals surface area contributed by atoms with Crippen molar-refractivity contribution in [1.82, 2.24) is 25.2 Å². The van der Waals surface area contributed by atoms with E-state index in [2.05, 4.69) is 20.5 Å². The number of amides is 1. The predicted molar refractivity (Wildman–Crippen MR) is 80.2 cm³/mol. The largest absolute Gasteiger partial charge is 0.360 e. The minimum Gasteiger partial charge on any atom is -0.360 e. The summed E-state index contributed by atoms with van der Waals surface area (Å²) in [6.07, 6.45) is 3.65. The van der Waals surface area contributed by atoms with Crippen LogP contribution >= 0.6 is 0 Å². The molecule has 22 heavy (non-hydrogen) atoms. The van der Waals surface area contributed by atoms with E-state index in [0.29, 0.717) is 5.69 Å². The highest BCUT2D eigenvalue weighted by Gasteiger charge is 2.22. The third-order valence-corrected chi connectivity index (χ3v) is 3.93. The molecule has 0 bridgehead atoms. The summed E-state index contributed by atoms with van der Waals surface area (Å²) in [4.78, 5) is 14.4. The number of aryl methyl sites for hydroxylation is 2. The van der Waals surface area contributed by atoms with Gasteiger partial charge in [0.25, 0.3) is 5.91 Å². The second kappa shape index (κ2) is 6.31. The average molecular weight is 303 g/mol. The highest BCUT2D eigenvalue weighted by Crippen LogP contribution is 2.14. The van der Waals surface area contributed by atoms with Gasteiger partial charge in [0, 0.05) is 38.4 Å². The van der Waals surface area contributed by atoms with Crippen LogP contribution in [0, 0.1) is 6.92 Å². The average Bonchev–Trinajstić information content (AvgIpc) is 3.10. The molecule has 0 aromatic carbocycles. The van der Waals surface area contributed by atoms with E-state index in [4.69, 9.17) is 4.52 Å². The zero-order valence-electron chi connectivity index (χ0n) is 13.0. The van der Waals surface area contributed by atoms with E-state index in [-0.39, 0.29) is 11.9 Å². The Hall–Kier alpha value is -2.15. The van der Waals surface area contributed by atoms with Crippen molar-refractivity contribution >= 4 is 5.91 Å². The van der Waals surface area contributed by atoms with Gasteiger partial charge in [0.2, 0.25) is 0 Å². The monoisotopic (exact) mass is 303 g/mol. The van der Waals surface area contributed by atoms with Crippen molar-refractivity contribution < 1.29 is 9.32 Å². The second-order valence-corrected chi connectivity index (χ2v) is 5.83. The zero-order chi connectivity index (χ0) is 15.5. The summed E-state index contributed by atoms with van der Waals surface area (Å²) in [5.41, 5.74) is 1.38. The molecule has 0 saturated carbocycles. The van der Waals surface area contributed by atoms with Gasteiger partial charge in [0.15, 0.2) is 5.76 Å². The first-order chi connectivity index (χ1) is 10.6. The van der Waals surface area contributed by atoms with Gasteiger partial charge in [-0.25, -0.2) is 0 Å². The van der Waals surface area contributed by atoms with Gasteiger partial charge in [0.1, 0.15) is 5.69 Å². The first-order valence-corrected chi connectivity index (χ1v) is 7.55. The molecule has 1 aliphatic rings. The number of rotatable bonds is 4. The normalized spacial score (nSPS) is 16.8. The number of hydrogen-bond donors (Lipinski definition) is 1. The lowest BCUT2D eigenvalue weighted by atomic mass is 10.0. The van der Waals surface area contributed by atoms with Gasteiger partial charge in [-0.3, -0.25) is 14.4 Å². The Morgan fingerprint density at radius 2 is 2.23 bits per heavy atom. The smallest absolute Gasteiger partial charge is 0.271 e. The Bertz CT molecular complexity index is 640. The van der Waals surface area contributed by atoms with Crippen LogP contribution in [-0.2, 0) is 13.6 Å². The van der Waals surface area contributed by atoms with E-state index in [9.17, 15) is 4.79 Å². The van der Waals surface area contributed by atoms with Crippen molar-refractivity contribution in [3.05, 3.63) is 35.5 Å². The summed E-state index contributed by atoms with van der Waals surface area (Å²) < 4.78 is 6.88. The molecule has 1 N–H and O–H groups in total. The Labute approximate surface area is 129 Å². The van der Waals surface area contributed by atoms with Crippen LogP contribution in [0.1, 0.15) is 34.8 Å². The molecule has 2 aromatic rings. The van der Waals surface area contributed by atoms with E-state index in [1.165, 1.54) is 0 Å². The summed E-state index contributed by atoms with van der Waals surface area (Å²) >= 11 is 0. The van der Waals surface area contributed by atoms with Crippen molar-refractivity contribution in [2.24, 2.45) is 7.05 Å². The molecule has 3 heterocycles. The van der Waals surface area contributed by atoms with E-state index < -0.39 is 0 Å². The molecule has 3 rings (SSSR count). The molecule has 0 aliphatic carbocycles. The maximum absolute atomic E-state index is 12.1. The molecular weight excluding hydrogens is 282 g/mol. The summed E-state index contributed by atoms with van der Waals surface area (Å²) in [7, 11) is 1.81. The molecular formula is C15H21N5O2. The first-order valence-electron chi connectivity index (χ1n) is 7.55. The minimum atomic E-state index is -0.0927. The number of nitrogens with zero attached hydrogens (tertiary/aromatic N) is 4. The molecule has 1 amide bonds. The van der Waals surface area contributed by atoms with Crippen LogP contribution in [0.25, 0.3) is 0 Å². The van der Waals surface area contributed by atoms with Crippen LogP contribution in [0.15, 0.2) is 22.9 Å². The summed E-state index contributed by atoms with van der Waals surface area (Å²) in [6.45, 7) is 4.58. The summed E-state index contributed by atoms with van der Waals surface area (Å²) in [5, 5.41) is 11.1. The maximum atomic E-state index is 12.1. The Morgan fingerprint density at radius 1 is 1.45 bits per heavy atom. The van der Waals surface area contributed by atoms with Crippen molar-refractivity contribution in [1.29, 1.82) is 0 Å². The number of aromatic nitrogens is 3. The third-order valence-electron chi connectivity index (χ3n) is 3.93. The van der Waals surface area contributed by atoms with Gasteiger partial charge in [-0.05, 0) is 25.8 Å². The number of nitrogens with one attached hydrogen (secondary N) is 1. The Kier molecular flexibility index (Phi) is 4.24. The number of carbonyl (C=O) groups excluding carboxylic acids is 1. The molecule has 0 radical (unpaired) electrons. The topological polar surface area (TPSA) is 76.2 Å². The lowest BCUT2D eigenvalue weighted by Gasteiger charge is -2.31. The molecule has 0 spiro atoms. The number of piperidine rings is 1. The lowest BCUT2D eigenvalue weighted by Crippen LogP contribution is -2.44. The molecule has 0 unspecified atom stereocenters. The molecule has 2 aromatic heterocycles. The van der Waals surface area contributed by atoms with Crippen LogP contribution in [0.3, 0.4) is 0 Å². The van der Waals surface area contributed by atoms with Gasteiger partial charge in [-0.1, -0.05) is 5.16 Å². The third kappa shape index (κ3) is 3.54. The van der Waals surface area contributed by atoms with Crippen molar-refractivity contribution in [3.8, 4) is 0 Å². The van der Waals surface area contributed by atoms with Gasteiger partial charge in [-0.15, -0.1) is 0 Å². The van der Waals surface area contributed by atoms with Gasteiger partial charge in [0.05, 0.1) is 12.2 Å². The number of carbonyl (C=O) groups is 1. The fourth-order valence-corrected chi connectivity index (χ4v) is 2.74. The molecule has 1 aliphatic heterocycles. The molecule has 0 atom stereocenters. The van der Waals surface area contributed by atoms with Crippen molar-refractivity contribution in [3.63, 3.8) is 0 Å². The molecule has 7 nitrogen and oxygen atoms in total. The van der Waals surface area contributed by atoms with Crippen LogP contribution in [0.5, 0.6) is 0 Å². The fourth-order valence-electron chi connectivity index (χ4n) is 2.74. The van der Waals surface area contributed by atoms with Gasteiger partial charge in [-0.2, -0.15) is 5.10 Å². The highest BCUT2D eigenvalue weighted by molar-refractivity contribution is 5.92. The van der Waals surface area contributed by atoms with Gasteiger partial charge < -0.3 is 9.84 Å². The molecule has 118 valence electrons. The summed E-state index contributed by atoms with van der Waals surface area (Å²) in [6, 6.07) is 3.91. The van der Waals surface area contributed by atoms with Gasteiger partial charge >= 0.3 is 0 Å². The van der Waals surface area contributed by atoms with E-state index in [1.54, 1.807) is 24.0 Å². The maximum Gasteiger partial charge on any atom is 0.271 e. The van der Waals surface area contributed by atoms with Crippen molar-refractivity contribution in [2.75, 3.05) is 13.1 Å². The van der Waals surface area contributed by atoms with Crippen LogP contribution in [0.4, 0.5) is 0 Å². The molecule has 7 heteroatoms. The molecule has 1 fully saturated rings. The standard InChI is InChI=1S/C15H21N5O2/c1-11-9-13(22-18-11)10-20-7-3-12(4-8-20)16-15(21)14-5-6-19(2)17-14/h5-6,9,12H,3-4,7-8,10H2,1-2H3,(H,16,21). The minimum absolute atomic E-state index is 0.0927.